The monoisotopic (exact) mass is 398 g/mol. The lowest BCUT2D eigenvalue weighted by atomic mass is 10.2. The summed E-state index contributed by atoms with van der Waals surface area (Å²) >= 11 is 1.62. The molecule has 0 radical (unpaired) electrons. The normalized spacial score (nSPS) is 11.1. The van der Waals surface area contributed by atoms with Crippen molar-refractivity contribution in [1.82, 2.24) is 4.90 Å². The summed E-state index contributed by atoms with van der Waals surface area (Å²) in [6, 6.07) is 6.43. The first-order valence-electron chi connectivity index (χ1n) is 8.71. The number of hydrogen-bond acceptors (Lipinski definition) is 6. The molecule has 0 aliphatic rings. The van der Waals surface area contributed by atoms with Gasteiger partial charge < -0.3 is 9.84 Å². The van der Waals surface area contributed by atoms with E-state index in [9.17, 15) is 19.7 Å². The minimum Gasteiger partial charge on any atom is -0.465 e. The SMILES string of the molecule is CC(C)(C)OC(=O)N(CCCCCCSc1ccc([N+](=O)[O-])cc1)C(=O)O. The number of nitrogens with zero attached hydrogens (tertiary/aromatic N) is 2. The second-order valence-corrected chi connectivity index (χ2v) is 8.10. The fraction of sp³-hybridized carbons (Fsp3) is 0.556. The molecule has 27 heavy (non-hydrogen) atoms. The molecule has 1 rings (SSSR count). The number of nitro benzene ring substituents is 1. The summed E-state index contributed by atoms with van der Waals surface area (Å²) in [4.78, 5) is 34.9. The zero-order valence-electron chi connectivity index (χ0n) is 15.8. The minimum absolute atomic E-state index is 0.0762. The number of carbonyl (C=O) groups is 2. The van der Waals surface area contributed by atoms with E-state index in [1.165, 1.54) is 12.1 Å². The average molecular weight is 398 g/mol. The molecular formula is C18H26N2O6S. The Morgan fingerprint density at radius 3 is 2.26 bits per heavy atom. The Labute approximate surface area is 163 Å². The molecule has 2 amide bonds. The first-order chi connectivity index (χ1) is 12.6. The van der Waals surface area contributed by atoms with E-state index in [-0.39, 0.29) is 12.2 Å². The van der Waals surface area contributed by atoms with Crippen molar-refractivity contribution in [2.24, 2.45) is 0 Å². The topological polar surface area (TPSA) is 110 Å². The van der Waals surface area contributed by atoms with Crippen molar-refractivity contribution < 1.29 is 24.4 Å². The van der Waals surface area contributed by atoms with Crippen LogP contribution < -0.4 is 0 Å². The van der Waals surface area contributed by atoms with Crippen LogP contribution in [0.25, 0.3) is 0 Å². The maximum Gasteiger partial charge on any atom is 0.419 e. The summed E-state index contributed by atoms with van der Waals surface area (Å²) in [6.07, 6.45) is 1.06. The lowest BCUT2D eigenvalue weighted by molar-refractivity contribution is -0.384. The zero-order valence-corrected chi connectivity index (χ0v) is 16.7. The molecule has 0 bridgehead atoms. The second-order valence-electron chi connectivity index (χ2n) is 6.93. The highest BCUT2D eigenvalue weighted by atomic mass is 32.2. The zero-order chi connectivity index (χ0) is 20.4. The Kier molecular flexibility index (Phi) is 9.07. The van der Waals surface area contributed by atoms with Crippen LogP contribution in [-0.4, -0.2) is 45.0 Å². The molecule has 0 aliphatic carbocycles. The van der Waals surface area contributed by atoms with Crippen LogP contribution >= 0.6 is 11.8 Å². The summed E-state index contributed by atoms with van der Waals surface area (Å²) in [5.74, 6) is 0.868. The van der Waals surface area contributed by atoms with Gasteiger partial charge in [-0.05, 0) is 51.5 Å². The van der Waals surface area contributed by atoms with Crippen LogP contribution in [0.1, 0.15) is 46.5 Å². The van der Waals surface area contributed by atoms with Gasteiger partial charge in [-0.3, -0.25) is 10.1 Å². The van der Waals surface area contributed by atoms with E-state index in [1.54, 1.807) is 44.7 Å². The number of nitro groups is 1. The number of amides is 2. The highest BCUT2D eigenvalue weighted by Gasteiger charge is 2.26. The van der Waals surface area contributed by atoms with Crippen molar-refractivity contribution in [2.45, 2.75) is 57.0 Å². The van der Waals surface area contributed by atoms with Crippen molar-refractivity contribution in [3.05, 3.63) is 34.4 Å². The quantitative estimate of drug-likeness (QED) is 0.265. The molecule has 0 spiro atoms. The van der Waals surface area contributed by atoms with E-state index >= 15 is 0 Å². The van der Waals surface area contributed by atoms with Gasteiger partial charge in [-0.2, -0.15) is 0 Å². The molecule has 0 unspecified atom stereocenters. The van der Waals surface area contributed by atoms with E-state index in [4.69, 9.17) is 9.84 Å². The largest absolute Gasteiger partial charge is 0.465 e. The lowest BCUT2D eigenvalue weighted by Crippen LogP contribution is -2.40. The van der Waals surface area contributed by atoms with Crippen molar-refractivity contribution in [3.8, 4) is 0 Å². The average Bonchev–Trinajstić information content (AvgIpc) is 2.55. The third kappa shape index (κ3) is 9.28. The molecule has 150 valence electrons. The number of rotatable bonds is 9. The first kappa shape index (κ1) is 22.8. The smallest absolute Gasteiger partial charge is 0.419 e. The number of carbonyl (C=O) groups excluding carboxylic acids is 1. The Morgan fingerprint density at radius 1 is 1.15 bits per heavy atom. The molecule has 0 atom stereocenters. The van der Waals surface area contributed by atoms with Crippen LogP contribution in [0.2, 0.25) is 0 Å². The predicted octanol–water partition coefficient (Wildman–Crippen LogP) is 5.16. The van der Waals surface area contributed by atoms with E-state index < -0.39 is 22.7 Å². The molecule has 9 heteroatoms. The summed E-state index contributed by atoms with van der Waals surface area (Å²) in [7, 11) is 0. The Hall–Kier alpha value is -2.29. The van der Waals surface area contributed by atoms with Crippen molar-refractivity contribution in [2.75, 3.05) is 12.3 Å². The van der Waals surface area contributed by atoms with Crippen LogP contribution in [0.15, 0.2) is 29.2 Å². The van der Waals surface area contributed by atoms with E-state index in [2.05, 4.69) is 0 Å². The summed E-state index contributed by atoms with van der Waals surface area (Å²) in [6.45, 7) is 5.17. The number of hydrogen-bond donors (Lipinski definition) is 1. The summed E-state index contributed by atoms with van der Waals surface area (Å²) in [5.41, 5.74) is -0.660. The van der Waals surface area contributed by atoms with Crippen molar-refractivity contribution in [3.63, 3.8) is 0 Å². The van der Waals surface area contributed by atoms with Gasteiger partial charge in [0.15, 0.2) is 0 Å². The van der Waals surface area contributed by atoms with Crippen LogP contribution in [0, 0.1) is 10.1 Å². The third-order valence-corrected chi connectivity index (χ3v) is 4.54. The van der Waals surface area contributed by atoms with Crippen LogP contribution in [-0.2, 0) is 4.74 Å². The molecule has 1 aromatic carbocycles. The first-order valence-corrected chi connectivity index (χ1v) is 9.69. The second kappa shape index (κ2) is 10.8. The van der Waals surface area contributed by atoms with Gasteiger partial charge in [0, 0.05) is 23.6 Å². The van der Waals surface area contributed by atoms with Gasteiger partial charge in [-0.25, -0.2) is 14.5 Å². The minimum atomic E-state index is -1.31. The predicted molar refractivity (Wildman–Crippen MR) is 103 cm³/mol. The highest BCUT2D eigenvalue weighted by molar-refractivity contribution is 7.99. The summed E-state index contributed by atoms with van der Waals surface area (Å²) in [5, 5.41) is 19.7. The van der Waals surface area contributed by atoms with E-state index in [1.807, 2.05) is 0 Å². The fourth-order valence-electron chi connectivity index (χ4n) is 2.16. The van der Waals surface area contributed by atoms with Gasteiger partial charge in [0.2, 0.25) is 0 Å². The Balaban J connectivity index is 2.24. The van der Waals surface area contributed by atoms with Crippen LogP contribution in [0.5, 0.6) is 0 Å². The van der Waals surface area contributed by atoms with Gasteiger partial charge in [0.25, 0.3) is 5.69 Å². The van der Waals surface area contributed by atoms with Crippen LogP contribution in [0.3, 0.4) is 0 Å². The molecule has 0 saturated heterocycles. The Morgan fingerprint density at radius 2 is 1.74 bits per heavy atom. The van der Waals surface area contributed by atoms with E-state index in [0.29, 0.717) is 11.3 Å². The highest BCUT2D eigenvalue weighted by Crippen LogP contribution is 2.22. The number of non-ortho nitro benzene ring substituents is 1. The van der Waals surface area contributed by atoms with E-state index in [0.717, 1.165) is 29.9 Å². The van der Waals surface area contributed by atoms with Crippen molar-refractivity contribution >= 4 is 29.6 Å². The van der Waals surface area contributed by atoms with Gasteiger partial charge in [-0.1, -0.05) is 12.8 Å². The summed E-state index contributed by atoms with van der Waals surface area (Å²) < 4.78 is 5.09. The molecule has 1 aromatic rings. The van der Waals surface area contributed by atoms with Gasteiger partial charge in [0.1, 0.15) is 5.60 Å². The number of ether oxygens (including phenoxy) is 1. The number of thioether (sulfide) groups is 1. The number of benzene rings is 1. The molecule has 0 saturated carbocycles. The molecule has 0 aromatic heterocycles. The maximum atomic E-state index is 11.9. The third-order valence-electron chi connectivity index (χ3n) is 3.44. The number of unbranched alkanes of at least 4 members (excludes halogenated alkanes) is 3. The molecule has 0 fully saturated rings. The van der Waals surface area contributed by atoms with Gasteiger partial charge in [-0.15, -0.1) is 11.8 Å². The molecule has 0 heterocycles. The number of carboxylic acid groups (broad SMARTS) is 1. The molecule has 0 aliphatic heterocycles. The molecular weight excluding hydrogens is 372 g/mol. The Bertz CT molecular complexity index is 642. The standard InChI is InChI=1S/C18H26N2O6S/c1-18(2,3)26-17(23)19(16(21)22)12-6-4-5-7-13-27-15-10-8-14(9-11-15)20(24)25/h8-11H,4-7,12-13H2,1-3H3,(H,21,22). The lowest BCUT2D eigenvalue weighted by Gasteiger charge is -2.24. The maximum absolute atomic E-state index is 11.9. The fourth-order valence-corrected chi connectivity index (χ4v) is 3.07. The van der Waals surface area contributed by atoms with Crippen LogP contribution in [0.4, 0.5) is 15.3 Å². The number of imide groups is 1. The van der Waals surface area contributed by atoms with Gasteiger partial charge in [0.05, 0.1) is 4.92 Å². The molecule has 8 nitrogen and oxygen atoms in total. The van der Waals surface area contributed by atoms with Gasteiger partial charge >= 0.3 is 12.2 Å². The van der Waals surface area contributed by atoms with Crippen molar-refractivity contribution in [1.29, 1.82) is 0 Å². The molecule has 1 N–H and O–H groups in total.